The largest absolute Gasteiger partial charge is 0.344 e. The van der Waals surface area contributed by atoms with Crippen LogP contribution in [0.3, 0.4) is 0 Å². The minimum absolute atomic E-state index is 0.0420. The predicted molar refractivity (Wildman–Crippen MR) is 82.6 cm³/mol. The van der Waals surface area contributed by atoms with E-state index in [1.807, 2.05) is 30.3 Å². The molecular weight excluding hydrogens is 288 g/mol. The third kappa shape index (κ3) is 4.13. The van der Waals surface area contributed by atoms with Crippen LogP contribution in [0.15, 0.2) is 53.5 Å². The summed E-state index contributed by atoms with van der Waals surface area (Å²) < 4.78 is 11.5. The standard InChI is InChI=1S/C15H16N2O3S/c1-21(20)10-13(11-6-3-2-4-7-11)17-15(19)12-8-5-9-16-14(12)18/h2-9,13H,10H2,1H3,(H,16,18)(H,17,19). The summed E-state index contributed by atoms with van der Waals surface area (Å²) in [5.41, 5.74) is 0.452. The maximum absolute atomic E-state index is 12.2. The van der Waals surface area contributed by atoms with E-state index in [9.17, 15) is 13.8 Å². The maximum atomic E-state index is 12.2. The van der Waals surface area contributed by atoms with Crippen LogP contribution in [-0.4, -0.2) is 27.1 Å². The summed E-state index contributed by atoms with van der Waals surface area (Å²) in [7, 11) is -1.07. The van der Waals surface area contributed by atoms with Crippen molar-refractivity contribution in [3.05, 3.63) is 70.1 Å². The van der Waals surface area contributed by atoms with Gasteiger partial charge in [0.25, 0.3) is 11.5 Å². The fraction of sp³-hybridized carbons (Fsp3) is 0.200. The number of hydrogen-bond acceptors (Lipinski definition) is 3. The van der Waals surface area contributed by atoms with Crippen molar-refractivity contribution in [1.29, 1.82) is 0 Å². The Balaban J connectivity index is 2.23. The van der Waals surface area contributed by atoms with Gasteiger partial charge in [0.2, 0.25) is 0 Å². The van der Waals surface area contributed by atoms with Crippen molar-refractivity contribution in [2.24, 2.45) is 0 Å². The van der Waals surface area contributed by atoms with Crippen molar-refractivity contribution < 1.29 is 9.00 Å². The molecule has 6 heteroatoms. The number of carbonyl (C=O) groups is 1. The Morgan fingerprint density at radius 1 is 1.24 bits per heavy atom. The van der Waals surface area contributed by atoms with Gasteiger partial charge in [0.05, 0.1) is 6.04 Å². The second kappa shape index (κ2) is 6.99. The molecule has 5 nitrogen and oxygen atoms in total. The number of nitrogens with one attached hydrogen (secondary N) is 2. The van der Waals surface area contributed by atoms with E-state index in [0.29, 0.717) is 5.75 Å². The van der Waals surface area contributed by atoms with Crippen molar-refractivity contribution in [3.63, 3.8) is 0 Å². The van der Waals surface area contributed by atoms with Crippen molar-refractivity contribution >= 4 is 16.7 Å². The third-order valence-corrected chi connectivity index (χ3v) is 3.77. The molecule has 0 spiro atoms. The number of carbonyl (C=O) groups excluding carboxylic acids is 1. The number of H-pyrrole nitrogens is 1. The van der Waals surface area contributed by atoms with Gasteiger partial charge in [0.15, 0.2) is 0 Å². The Kier molecular flexibility index (Phi) is 5.05. The monoisotopic (exact) mass is 304 g/mol. The van der Waals surface area contributed by atoms with Crippen LogP contribution >= 0.6 is 0 Å². The smallest absolute Gasteiger partial charge is 0.260 e. The number of aromatic nitrogens is 1. The van der Waals surface area contributed by atoms with Crippen molar-refractivity contribution in [2.75, 3.05) is 12.0 Å². The molecule has 1 heterocycles. The molecule has 0 radical (unpaired) electrons. The molecular formula is C15H16N2O3S. The van der Waals surface area contributed by atoms with Crippen LogP contribution in [0.1, 0.15) is 22.0 Å². The Hall–Kier alpha value is -2.21. The molecule has 0 aliphatic carbocycles. The molecule has 0 saturated heterocycles. The number of amides is 1. The topological polar surface area (TPSA) is 79.0 Å². The van der Waals surface area contributed by atoms with E-state index in [-0.39, 0.29) is 5.56 Å². The van der Waals surface area contributed by atoms with Gasteiger partial charge in [-0.3, -0.25) is 13.8 Å². The molecule has 1 aromatic carbocycles. The zero-order valence-corrected chi connectivity index (χ0v) is 12.4. The van der Waals surface area contributed by atoms with Crippen LogP contribution in [0.4, 0.5) is 0 Å². The van der Waals surface area contributed by atoms with Crippen LogP contribution in [0.25, 0.3) is 0 Å². The second-order valence-corrected chi connectivity index (χ2v) is 6.07. The number of rotatable bonds is 5. The van der Waals surface area contributed by atoms with E-state index in [1.54, 1.807) is 12.3 Å². The van der Waals surface area contributed by atoms with Gasteiger partial charge in [-0.15, -0.1) is 0 Å². The van der Waals surface area contributed by atoms with Gasteiger partial charge in [0.1, 0.15) is 5.56 Å². The minimum Gasteiger partial charge on any atom is -0.344 e. The molecule has 21 heavy (non-hydrogen) atoms. The van der Waals surface area contributed by atoms with E-state index in [1.165, 1.54) is 12.3 Å². The molecule has 2 unspecified atom stereocenters. The van der Waals surface area contributed by atoms with Crippen molar-refractivity contribution in [3.8, 4) is 0 Å². The summed E-state index contributed by atoms with van der Waals surface area (Å²) >= 11 is 0. The van der Waals surface area contributed by atoms with Crippen molar-refractivity contribution in [1.82, 2.24) is 10.3 Å². The number of aromatic amines is 1. The lowest BCUT2D eigenvalue weighted by atomic mass is 10.1. The molecule has 1 amide bonds. The lowest BCUT2D eigenvalue weighted by molar-refractivity contribution is 0.0939. The number of pyridine rings is 1. The quantitative estimate of drug-likeness (QED) is 0.872. The lowest BCUT2D eigenvalue weighted by Crippen LogP contribution is -2.35. The lowest BCUT2D eigenvalue weighted by Gasteiger charge is -2.18. The fourth-order valence-corrected chi connectivity index (χ4v) is 2.72. The summed E-state index contributed by atoms with van der Waals surface area (Å²) in [6.45, 7) is 0. The summed E-state index contributed by atoms with van der Waals surface area (Å²) in [6.07, 6.45) is 3.05. The average molecular weight is 304 g/mol. The van der Waals surface area contributed by atoms with Crippen LogP contribution in [0, 0.1) is 0 Å². The highest BCUT2D eigenvalue weighted by atomic mass is 32.2. The van der Waals surface area contributed by atoms with Crippen molar-refractivity contribution in [2.45, 2.75) is 6.04 Å². The Bertz CT molecular complexity index is 697. The van der Waals surface area contributed by atoms with E-state index >= 15 is 0 Å². The van der Waals surface area contributed by atoms with Gasteiger partial charge in [-0.25, -0.2) is 0 Å². The van der Waals surface area contributed by atoms with E-state index in [2.05, 4.69) is 10.3 Å². The summed E-state index contributed by atoms with van der Waals surface area (Å²) in [4.78, 5) is 26.3. The minimum atomic E-state index is -1.07. The molecule has 0 aliphatic heterocycles. The molecule has 110 valence electrons. The first-order valence-corrected chi connectivity index (χ1v) is 8.14. The van der Waals surface area contributed by atoms with Gasteiger partial charge in [-0.05, 0) is 17.7 Å². The zero-order chi connectivity index (χ0) is 15.2. The average Bonchev–Trinajstić information content (AvgIpc) is 2.47. The highest BCUT2D eigenvalue weighted by molar-refractivity contribution is 7.84. The molecule has 0 bridgehead atoms. The molecule has 2 atom stereocenters. The normalized spacial score (nSPS) is 13.4. The zero-order valence-electron chi connectivity index (χ0n) is 11.5. The summed E-state index contributed by atoms with van der Waals surface area (Å²) in [5.74, 6) is -0.184. The first kappa shape index (κ1) is 15.2. The second-order valence-electron chi connectivity index (χ2n) is 4.59. The van der Waals surface area contributed by atoms with Crippen LogP contribution < -0.4 is 10.9 Å². The highest BCUT2D eigenvalue weighted by Gasteiger charge is 2.18. The Labute approximate surface area is 124 Å². The number of hydrogen-bond donors (Lipinski definition) is 2. The van der Waals surface area contributed by atoms with Crippen LogP contribution in [0.5, 0.6) is 0 Å². The van der Waals surface area contributed by atoms with E-state index < -0.39 is 28.3 Å². The van der Waals surface area contributed by atoms with Crippen LogP contribution in [-0.2, 0) is 10.8 Å². The SMILES string of the molecule is CS(=O)CC(NC(=O)c1ccc[nH]c1=O)c1ccccc1. The first-order valence-electron chi connectivity index (χ1n) is 6.41. The van der Waals surface area contributed by atoms with Gasteiger partial charge >= 0.3 is 0 Å². The molecule has 2 N–H and O–H groups in total. The predicted octanol–water partition coefficient (Wildman–Crippen LogP) is 1.22. The molecule has 0 fully saturated rings. The van der Waals surface area contributed by atoms with Gasteiger partial charge in [-0.2, -0.15) is 0 Å². The molecule has 0 saturated carbocycles. The van der Waals surface area contributed by atoms with Crippen LogP contribution in [0.2, 0.25) is 0 Å². The molecule has 1 aromatic heterocycles. The van der Waals surface area contributed by atoms with Gasteiger partial charge in [-0.1, -0.05) is 30.3 Å². The number of benzene rings is 1. The maximum Gasteiger partial charge on any atom is 0.260 e. The van der Waals surface area contributed by atoms with E-state index in [0.717, 1.165) is 5.56 Å². The van der Waals surface area contributed by atoms with Gasteiger partial charge in [0, 0.05) is 29.0 Å². The summed E-state index contributed by atoms with van der Waals surface area (Å²) in [6, 6.07) is 11.9. The molecule has 2 aromatic rings. The first-order chi connectivity index (χ1) is 10.1. The summed E-state index contributed by atoms with van der Waals surface area (Å²) in [5, 5.41) is 2.77. The molecule has 2 rings (SSSR count). The Morgan fingerprint density at radius 2 is 1.95 bits per heavy atom. The highest BCUT2D eigenvalue weighted by Crippen LogP contribution is 2.14. The van der Waals surface area contributed by atoms with Gasteiger partial charge < -0.3 is 10.3 Å². The van der Waals surface area contributed by atoms with E-state index in [4.69, 9.17) is 0 Å². The third-order valence-electron chi connectivity index (χ3n) is 2.97. The Morgan fingerprint density at radius 3 is 2.57 bits per heavy atom. The fourth-order valence-electron chi connectivity index (χ4n) is 1.98. The molecule has 0 aliphatic rings.